The number of pyridine rings is 1. The van der Waals surface area contributed by atoms with Crippen LogP contribution in [0.4, 0.5) is 5.82 Å². The van der Waals surface area contributed by atoms with Crippen LogP contribution in [-0.2, 0) is 4.79 Å². The molecular formula is C10H15N3O2. The van der Waals surface area contributed by atoms with E-state index in [4.69, 9.17) is 5.73 Å². The first-order chi connectivity index (χ1) is 6.99. The topological polar surface area (TPSA) is 88.2 Å². The molecule has 0 radical (unpaired) electrons. The summed E-state index contributed by atoms with van der Waals surface area (Å²) in [6.07, 6.45) is 0.203. The Hall–Kier alpha value is -1.62. The van der Waals surface area contributed by atoms with Crippen LogP contribution in [0.15, 0.2) is 12.1 Å². The van der Waals surface area contributed by atoms with Gasteiger partial charge in [-0.2, -0.15) is 0 Å². The first-order valence-corrected chi connectivity index (χ1v) is 4.71. The van der Waals surface area contributed by atoms with E-state index in [1.807, 2.05) is 0 Å². The molecule has 5 heteroatoms. The number of nitrogens with zero attached hydrogens (tertiary/aromatic N) is 1. The van der Waals surface area contributed by atoms with Gasteiger partial charge in [0.1, 0.15) is 0 Å². The minimum Gasteiger partial charge on any atom is -0.504 e. The summed E-state index contributed by atoms with van der Waals surface area (Å²) in [5, 5.41) is 11.9. The van der Waals surface area contributed by atoms with Crippen molar-refractivity contribution in [1.82, 2.24) is 4.98 Å². The number of nitrogens with one attached hydrogen (secondary N) is 1. The maximum atomic E-state index is 11.3. The van der Waals surface area contributed by atoms with Crippen molar-refractivity contribution in [2.24, 2.45) is 5.73 Å². The Balaban J connectivity index is 2.71. The summed E-state index contributed by atoms with van der Waals surface area (Å²) in [6.45, 7) is 3.52. The number of aromatic hydroxyl groups is 1. The molecule has 5 nitrogen and oxygen atoms in total. The molecule has 0 aliphatic heterocycles. The van der Waals surface area contributed by atoms with Crippen LogP contribution in [0.5, 0.6) is 5.75 Å². The Morgan fingerprint density at radius 3 is 2.93 bits per heavy atom. The zero-order valence-corrected chi connectivity index (χ0v) is 8.82. The second-order valence-electron chi connectivity index (χ2n) is 3.55. The quantitative estimate of drug-likeness (QED) is 0.686. The summed E-state index contributed by atoms with van der Waals surface area (Å²) in [7, 11) is 0. The lowest BCUT2D eigenvalue weighted by molar-refractivity contribution is -0.116. The molecule has 4 N–H and O–H groups in total. The molecule has 0 spiro atoms. The molecular weight excluding hydrogens is 194 g/mol. The van der Waals surface area contributed by atoms with Gasteiger partial charge >= 0.3 is 0 Å². The average Bonchev–Trinajstić information content (AvgIpc) is 2.10. The molecule has 1 aromatic rings. The van der Waals surface area contributed by atoms with Gasteiger partial charge in [-0.05, 0) is 26.0 Å². The Labute approximate surface area is 88.3 Å². The molecule has 0 saturated carbocycles. The SMILES string of the molecule is Cc1ccc(O)c(NC(=O)CC(C)N)n1. The predicted molar refractivity (Wildman–Crippen MR) is 57.5 cm³/mol. The van der Waals surface area contributed by atoms with Gasteiger partial charge < -0.3 is 16.2 Å². The highest BCUT2D eigenvalue weighted by Crippen LogP contribution is 2.20. The van der Waals surface area contributed by atoms with Crippen molar-refractivity contribution in [2.45, 2.75) is 26.3 Å². The molecule has 0 saturated heterocycles. The third-order valence-electron chi connectivity index (χ3n) is 1.78. The molecule has 1 aromatic heterocycles. The van der Waals surface area contributed by atoms with E-state index in [0.29, 0.717) is 0 Å². The van der Waals surface area contributed by atoms with Gasteiger partial charge in [0.05, 0.1) is 0 Å². The highest BCUT2D eigenvalue weighted by Gasteiger charge is 2.09. The summed E-state index contributed by atoms with van der Waals surface area (Å²) in [5.74, 6) is -0.113. The van der Waals surface area contributed by atoms with E-state index in [-0.39, 0.29) is 29.9 Å². The van der Waals surface area contributed by atoms with Crippen LogP contribution in [0.1, 0.15) is 19.0 Å². The molecule has 0 aliphatic rings. The van der Waals surface area contributed by atoms with Crippen molar-refractivity contribution < 1.29 is 9.90 Å². The predicted octanol–water partition coefficient (Wildman–Crippen LogP) is 0.771. The number of carbonyl (C=O) groups excluding carboxylic acids is 1. The monoisotopic (exact) mass is 209 g/mol. The zero-order chi connectivity index (χ0) is 11.4. The van der Waals surface area contributed by atoms with Gasteiger partial charge in [-0.25, -0.2) is 4.98 Å². The van der Waals surface area contributed by atoms with Crippen LogP contribution in [-0.4, -0.2) is 22.0 Å². The first kappa shape index (κ1) is 11.5. The molecule has 15 heavy (non-hydrogen) atoms. The van der Waals surface area contributed by atoms with Crippen molar-refractivity contribution in [1.29, 1.82) is 0 Å². The number of anilines is 1. The normalized spacial score (nSPS) is 12.2. The number of hydrogen-bond donors (Lipinski definition) is 3. The Morgan fingerprint density at radius 2 is 2.33 bits per heavy atom. The zero-order valence-electron chi connectivity index (χ0n) is 8.82. The Morgan fingerprint density at radius 1 is 1.67 bits per heavy atom. The number of rotatable bonds is 3. The van der Waals surface area contributed by atoms with Gasteiger partial charge in [0.25, 0.3) is 0 Å². The van der Waals surface area contributed by atoms with Crippen LogP contribution in [0.25, 0.3) is 0 Å². The van der Waals surface area contributed by atoms with Crippen LogP contribution in [0.2, 0.25) is 0 Å². The van der Waals surface area contributed by atoms with Gasteiger partial charge in [0, 0.05) is 18.2 Å². The molecule has 1 atom stereocenters. The summed E-state index contributed by atoms with van der Waals surface area (Å²) in [6, 6.07) is 2.94. The average molecular weight is 209 g/mol. The maximum Gasteiger partial charge on any atom is 0.227 e. The molecule has 0 fully saturated rings. The summed E-state index contributed by atoms with van der Waals surface area (Å²) >= 11 is 0. The van der Waals surface area contributed by atoms with E-state index >= 15 is 0 Å². The van der Waals surface area contributed by atoms with Gasteiger partial charge in [0.15, 0.2) is 11.6 Å². The standard InChI is InChI=1S/C10H15N3O2/c1-6(11)5-9(15)13-10-8(14)4-3-7(2)12-10/h3-4,6,14H,5,11H2,1-2H3,(H,12,13,15). The van der Waals surface area contributed by atoms with E-state index < -0.39 is 0 Å². The number of aromatic nitrogens is 1. The van der Waals surface area contributed by atoms with E-state index in [1.165, 1.54) is 6.07 Å². The molecule has 1 amide bonds. The van der Waals surface area contributed by atoms with Crippen molar-refractivity contribution in [3.8, 4) is 5.75 Å². The van der Waals surface area contributed by atoms with Crippen molar-refractivity contribution in [3.05, 3.63) is 17.8 Å². The minimum absolute atomic E-state index is 0.0429. The number of carbonyl (C=O) groups is 1. The summed E-state index contributed by atoms with van der Waals surface area (Å²) in [4.78, 5) is 15.3. The lowest BCUT2D eigenvalue weighted by Gasteiger charge is -2.08. The molecule has 0 aromatic carbocycles. The van der Waals surface area contributed by atoms with Gasteiger partial charge in [-0.1, -0.05) is 0 Å². The summed E-state index contributed by atoms with van der Waals surface area (Å²) in [5.41, 5.74) is 6.20. The second-order valence-corrected chi connectivity index (χ2v) is 3.55. The maximum absolute atomic E-state index is 11.3. The second kappa shape index (κ2) is 4.75. The van der Waals surface area contributed by atoms with E-state index in [2.05, 4.69) is 10.3 Å². The van der Waals surface area contributed by atoms with E-state index in [0.717, 1.165) is 5.69 Å². The van der Waals surface area contributed by atoms with Crippen molar-refractivity contribution >= 4 is 11.7 Å². The van der Waals surface area contributed by atoms with Gasteiger partial charge in [-0.3, -0.25) is 4.79 Å². The largest absolute Gasteiger partial charge is 0.504 e. The first-order valence-electron chi connectivity index (χ1n) is 4.71. The lowest BCUT2D eigenvalue weighted by Crippen LogP contribution is -2.24. The third kappa shape index (κ3) is 3.55. The number of aryl methyl sites for hydroxylation is 1. The molecule has 82 valence electrons. The molecule has 1 rings (SSSR count). The highest BCUT2D eigenvalue weighted by molar-refractivity contribution is 5.91. The fourth-order valence-electron chi connectivity index (χ4n) is 1.12. The minimum atomic E-state index is -0.251. The van der Waals surface area contributed by atoms with Crippen molar-refractivity contribution in [2.75, 3.05) is 5.32 Å². The number of hydrogen-bond acceptors (Lipinski definition) is 4. The van der Waals surface area contributed by atoms with Crippen molar-refractivity contribution in [3.63, 3.8) is 0 Å². The molecule has 1 heterocycles. The number of nitrogens with two attached hydrogens (primary N) is 1. The Bertz CT molecular complexity index is 364. The summed E-state index contributed by atoms with van der Waals surface area (Å²) < 4.78 is 0. The van der Waals surface area contributed by atoms with Gasteiger partial charge in [0.2, 0.25) is 5.91 Å². The van der Waals surface area contributed by atoms with Crippen LogP contribution < -0.4 is 11.1 Å². The van der Waals surface area contributed by atoms with E-state index in [1.54, 1.807) is 19.9 Å². The fourth-order valence-corrected chi connectivity index (χ4v) is 1.12. The Kier molecular flexibility index (Phi) is 3.62. The number of amides is 1. The van der Waals surface area contributed by atoms with E-state index in [9.17, 15) is 9.90 Å². The fraction of sp³-hybridized carbons (Fsp3) is 0.400. The van der Waals surface area contributed by atoms with Crippen LogP contribution in [0.3, 0.4) is 0 Å². The highest BCUT2D eigenvalue weighted by atomic mass is 16.3. The van der Waals surface area contributed by atoms with Crippen LogP contribution >= 0.6 is 0 Å². The smallest absolute Gasteiger partial charge is 0.227 e. The molecule has 1 unspecified atom stereocenters. The van der Waals surface area contributed by atoms with Gasteiger partial charge in [-0.15, -0.1) is 0 Å². The lowest BCUT2D eigenvalue weighted by atomic mass is 10.2. The molecule has 0 bridgehead atoms. The molecule has 0 aliphatic carbocycles. The third-order valence-corrected chi connectivity index (χ3v) is 1.78. The van der Waals surface area contributed by atoms with Crippen LogP contribution in [0, 0.1) is 6.92 Å².